The Bertz CT molecular complexity index is 492. The molecule has 1 aromatic carbocycles. The summed E-state index contributed by atoms with van der Waals surface area (Å²) in [5.74, 6) is 2.55. The third-order valence-corrected chi connectivity index (χ3v) is 4.91. The van der Waals surface area contributed by atoms with Gasteiger partial charge in [-0.05, 0) is 30.2 Å². The zero-order chi connectivity index (χ0) is 14.9. The molecule has 2 aliphatic rings. The summed E-state index contributed by atoms with van der Waals surface area (Å²) in [6.45, 7) is 8.32. The van der Waals surface area contributed by atoms with Crippen molar-refractivity contribution in [1.29, 1.82) is 0 Å². The van der Waals surface area contributed by atoms with E-state index in [0.29, 0.717) is 18.2 Å². The summed E-state index contributed by atoms with van der Waals surface area (Å²) >= 11 is 0. The van der Waals surface area contributed by atoms with Crippen LogP contribution in [0.15, 0.2) is 18.2 Å². The van der Waals surface area contributed by atoms with Crippen LogP contribution in [0.3, 0.4) is 0 Å². The van der Waals surface area contributed by atoms with E-state index in [2.05, 4.69) is 32.2 Å². The Morgan fingerprint density at radius 3 is 2.76 bits per heavy atom. The van der Waals surface area contributed by atoms with Crippen LogP contribution < -0.4 is 14.8 Å². The highest BCUT2D eigenvalue weighted by molar-refractivity contribution is 5.48. The molecular weight excluding hydrogens is 262 g/mol. The van der Waals surface area contributed by atoms with Gasteiger partial charge in [-0.2, -0.15) is 0 Å². The molecular formula is C18H27NO2. The van der Waals surface area contributed by atoms with Gasteiger partial charge in [-0.25, -0.2) is 0 Å². The maximum absolute atomic E-state index is 5.60. The Morgan fingerprint density at radius 1 is 1.14 bits per heavy atom. The lowest BCUT2D eigenvalue weighted by molar-refractivity contribution is 0.130. The zero-order valence-electron chi connectivity index (χ0n) is 13.4. The van der Waals surface area contributed by atoms with E-state index in [1.165, 1.54) is 31.2 Å². The van der Waals surface area contributed by atoms with E-state index >= 15 is 0 Å². The molecule has 1 N–H and O–H groups in total. The van der Waals surface area contributed by atoms with E-state index in [-0.39, 0.29) is 0 Å². The average molecular weight is 289 g/mol. The molecule has 1 aliphatic heterocycles. The van der Waals surface area contributed by atoms with Gasteiger partial charge in [0.25, 0.3) is 0 Å². The Labute approximate surface area is 128 Å². The van der Waals surface area contributed by atoms with Crippen LogP contribution in [0, 0.1) is 11.3 Å². The van der Waals surface area contributed by atoms with E-state index in [4.69, 9.17) is 9.47 Å². The maximum Gasteiger partial charge on any atom is 0.231 e. The van der Waals surface area contributed by atoms with Crippen molar-refractivity contribution in [3.05, 3.63) is 23.8 Å². The molecule has 1 saturated carbocycles. The molecule has 2 unspecified atom stereocenters. The van der Waals surface area contributed by atoms with Gasteiger partial charge in [0.2, 0.25) is 6.79 Å². The number of hydrogen-bond donors (Lipinski definition) is 1. The first-order valence-electron chi connectivity index (χ1n) is 8.16. The molecule has 0 aromatic heterocycles. The van der Waals surface area contributed by atoms with Crippen LogP contribution in [0.2, 0.25) is 0 Å². The number of para-hydroxylation sites is 1. The van der Waals surface area contributed by atoms with E-state index in [1.54, 1.807) is 0 Å². The van der Waals surface area contributed by atoms with Gasteiger partial charge < -0.3 is 14.8 Å². The van der Waals surface area contributed by atoms with Crippen molar-refractivity contribution in [2.45, 2.75) is 59.0 Å². The van der Waals surface area contributed by atoms with Crippen molar-refractivity contribution < 1.29 is 9.47 Å². The minimum absolute atomic E-state index is 0.348. The Balaban J connectivity index is 1.68. The molecule has 0 radical (unpaired) electrons. The summed E-state index contributed by atoms with van der Waals surface area (Å²) in [7, 11) is 0. The van der Waals surface area contributed by atoms with Crippen molar-refractivity contribution in [1.82, 2.24) is 5.32 Å². The minimum atomic E-state index is 0.348. The number of ether oxygens (including phenoxy) is 2. The largest absolute Gasteiger partial charge is 0.454 e. The summed E-state index contributed by atoms with van der Waals surface area (Å²) < 4.78 is 11.1. The van der Waals surface area contributed by atoms with Gasteiger partial charge in [0.05, 0.1) is 0 Å². The molecule has 0 amide bonds. The topological polar surface area (TPSA) is 30.5 Å². The van der Waals surface area contributed by atoms with Gasteiger partial charge in [-0.15, -0.1) is 0 Å². The Morgan fingerprint density at radius 2 is 1.95 bits per heavy atom. The highest BCUT2D eigenvalue weighted by atomic mass is 16.7. The summed E-state index contributed by atoms with van der Waals surface area (Å²) in [5.41, 5.74) is 1.58. The molecule has 3 heteroatoms. The van der Waals surface area contributed by atoms with E-state index in [1.807, 2.05) is 12.1 Å². The first-order chi connectivity index (χ1) is 10.1. The van der Waals surface area contributed by atoms with Gasteiger partial charge in [0.1, 0.15) is 0 Å². The van der Waals surface area contributed by atoms with Crippen molar-refractivity contribution >= 4 is 0 Å². The molecule has 0 saturated heterocycles. The maximum atomic E-state index is 5.60. The number of rotatable bonds is 3. The number of fused-ring (bicyclic) bond motifs is 1. The first-order valence-corrected chi connectivity index (χ1v) is 8.16. The Kier molecular flexibility index (Phi) is 4.12. The van der Waals surface area contributed by atoms with Crippen molar-refractivity contribution in [3.8, 4) is 11.5 Å². The predicted octanol–water partition coefficient (Wildman–Crippen LogP) is 4.11. The van der Waals surface area contributed by atoms with Gasteiger partial charge in [-0.3, -0.25) is 0 Å². The van der Waals surface area contributed by atoms with Crippen LogP contribution in [0.4, 0.5) is 0 Å². The molecule has 1 aliphatic carbocycles. The molecule has 1 fully saturated rings. The third-order valence-electron chi connectivity index (χ3n) is 4.91. The zero-order valence-corrected chi connectivity index (χ0v) is 13.4. The Hall–Kier alpha value is -1.22. The van der Waals surface area contributed by atoms with E-state index < -0.39 is 0 Å². The fraction of sp³-hybridized carbons (Fsp3) is 0.667. The molecule has 2 atom stereocenters. The predicted molar refractivity (Wildman–Crippen MR) is 84.6 cm³/mol. The molecule has 1 aromatic rings. The lowest BCUT2D eigenvalue weighted by Gasteiger charge is -2.41. The quantitative estimate of drug-likeness (QED) is 0.908. The van der Waals surface area contributed by atoms with Crippen LogP contribution >= 0.6 is 0 Å². The molecule has 0 spiro atoms. The van der Waals surface area contributed by atoms with Gasteiger partial charge in [0, 0.05) is 18.2 Å². The second kappa shape index (κ2) is 5.88. The molecule has 21 heavy (non-hydrogen) atoms. The third kappa shape index (κ3) is 3.18. The van der Waals surface area contributed by atoms with E-state index in [9.17, 15) is 0 Å². The second-order valence-electron chi connectivity index (χ2n) is 7.40. The van der Waals surface area contributed by atoms with Crippen LogP contribution in [-0.4, -0.2) is 12.8 Å². The summed E-state index contributed by atoms with van der Waals surface area (Å²) in [6, 6.07) is 6.77. The van der Waals surface area contributed by atoms with Gasteiger partial charge in [-0.1, -0.05) is 45.7 Å². The highest BCUT2D eigenvalue weighted by Gasteiger charge is 2.33. The smallest absolute Gasteiger partial charge is 0.231 e. The molecule has 3 rings (SSSR count). The fourth-order valence-corrected chi connectivity index (χ4v) is 3.78. The summed E-state index contributed by atoms with van der Waals surface area (Å²) in [5, 5.41) is 3.79. The van der Waals surface area contributed by atoms with Gasteiger partial charge >= 0.3 is 0 Å². The summed E-state index contributed by atoms with van der Waals surface area (Å²) in [4.78, 5) is 0. The SMILES string of the molecule is CC(C)(C)C1CCCCC1NCc1cccc2c1OCO2. The normalized spacial score (nSPS) is 25.1. The molecule has 0 bridgehead atoms. The minimum Gasteiger partial charge on any atom is -0.454 e. The van der Waals surface area contributed by atoms with Crippen LogP contribution in [0.1, 0.15) is 52.0 Å². The number of hydrogen-bond acceptors (Lipinski definition) is 3. The van der Waals surface area contributed by atoms with Crippen LogP contribution in [0.25, 0.3) is 0 Å². The number of nitrogens with one attached hydrogen (secondary N) is 1. The van der Waals surface area contributed by atoms with E-state index in [0.717, 1.165) is 24.0 Å². The fourth-order valence-electron chi connectivity index (χ4n) is 3.78. The second-order valence-corrected chi connectivity index (χ2v) is 7.40. The highest BCUT2D eigenvalue weighted by Crippen LogP contribution is 2.39. The van der Waals surface area contributed by atoms with Crippen LogP contribution in [0.5, 0.6) is 11.5 Å². The monoisotopic (exact) mass is 289 g/mol. The summed E-state index contributed by atoms with van der Waals surface area (Å²) in [6.07, 6.45) is 5.34. The van der Waals surface area contributed by atoms with Crippen LogP contribution in [-0.2, 0) is 6.54 Å². The van der Waals surface area contributed by atoms with Crippen molar-refractivity contribution in [2.24, 2.45) is 11.3 Å². The average Bonchev–Trinajstić information content (AvgIpc) is 2.93. The molecule has 3 nitrogen and oxygen atoms in total. The molecule has 1 heterocycles. The number of benzene rings is 1. The standard InChI is InChI=1S/C18H27NO2/c1-18(2,3)14-8-4-5-9-15(14)19-11-13-7-6-10-16-17(13)21-12-20-16/h6-7,10,14-15,19H,4-5,8-9,11-12H2,1-3H3. The lowest BCUT2D eigenvalue weighted by Crippen LogP contribution is -2.43. The first kappa shape index (κ1) is 14.7. The lowest BCUT2D eigenvalue weighted by atomic mass is 9.69. The van der Waals surface area contributed by atoms with Crippen molar-refractivity contribution in [3.63, 3.8) is 0 Å². The molecule has 116 valence electrons. The van der Waals surface area contributed by atoms with Crippen molar-refractivity contribution in [2.75, 3.05) is 6.79 Å². The van der Waals surface area contributed by atoms with Gasteiger partial charge in [0.15, 0.2) is 11.5 Å².